The van der Waals surface area contributed by atoms with Gasteiger partial charge in [-0.1, -0.05) is 69.0 Å². The zero-order chi connectivity index (χ0) is 35.2. The Morgan fingerprint density at radius 2 is 1.37 bits per heavy atom. The molecule has 9 nitrogen and oxygen atoms in total. The van der Waals surface area contributed by atoms with Crippen LogP contribution < -0.4 is 14.8 Å². The lowest BCUT2D eigenvalue weighted by molar-refractivity contribution is -0.141. The highest BCUT2D eigenvalue weighted by Crippen LogP contribution is 2.25. The van der Waals surface area contributed by atoms with E-state index in [9.17, 15) is 19.5 Å². The average molecular weight is 666 g/mol. The molecule has 0 bridgehead atoms. The third-order valence-electron chi connectivity index (χ3n) is 8.13. The van der Waals surface area contributed by atoms with E-state index in [1.165, 1.54) is 32.6 Å². The van der Waals surface area contributed by atoms with Gasteiger partial charge in [0.2, 0.25) is 5.91 Å². The third kappa shape index (κ3) is 11.6. The zero-order valence-corrected chi connectivity index (χ0v) is 28.9. The number of carboxylic acids is 1. The first-order valence-electron chi connectivity index (χ1n) is 17.1. The van der Waals surface area contributed by atoms with Gasteiger partial charge >= 0.3 is 5.97 Å². The summed E-state index contributed by atoms with van der Waals surface area (Å²) in [6, 6.07) is 21.2. The second-order valence-corrected chi connectivity index (χ2v) is 12.6. The van der Waals surface area contributed by atoms with Crippen LogP contribution in [-0.4, -0.2) is 51.5 Å². The van der Waals surface area contributed by atoms with Crippen molar-refractivity contribution in [2.24, 2.45) is 5.92 Å². The van der Waals surface area contributed by atoms with Gasteiger partial charge in [-0.15, -0.1) is 0 Å². The summed E-state index contributed by atoms with van der Waals surface area (Å²) in [6.07, 6.45) is 9.75. The van der Waals surface area contributed by atoms with Crippen molar-refractivity contribution in [3.05, 3.63) is 96.3 Å². The monoisotopic (exact) mass is 665 g/mol. The van der Waals surface area contributed by atoms with E-state index in [4.69, 9.17) is 9.47 Å². The Morgan fingerprint density at radius 3 is 1.98 bits per heavy atom. The van der Waals surface area contributed by atoms with E-state index in [2.05, 4.69) is 22.2 Å². The maximum Gasteiger partial charge on any atom is 0.325 e. The molecule has 0 aliphatic rings. The van der Waals surface area contributed by atoms with Crippen LogP contribution in [0.1, 0.15) is 82.1 Å². The van der Waals surface area contributed by atoms with E-state index in [1.807, 2.05) is 62.4 Å². The van der Waals surface area contributed by atoms with Gasteiger partial charge in [0.05, 0.1) is 12.7 Å². The summed E-state index contributed by atoms with van der Waals surface area (Å²) in [7, 11) is 0. The molecule has 0 spiro atoms. The van der Waals surface area contributed by atoms with Crippen LogP contribution in [0.4, 0.5) is 0 Å². The lowest BCUT2D eigenvalue weighted by Crippen LogP contribution is -2.42. The fraction of sp³-hybridized carbons (Fsp3) is 0.375. The van der Waals surface area contributed by atoms with E-state index in [1.54, 1.807) is 36.7 Å². The smallest absolute Gasteiger partial charge is 0.325 e. The molecule has 4 aromatic rings. The summed E-state index contributed by atoms with van der Waals surface area (Å²) in [5, 5.41) is 11.9. The highest BCUT2D eigenvalue weighted by molar-refractivity contribution is 5.99. The Kier molecular flexibility index (Phi) is 13.9. The Labute approximate surface area is 289 Å². The third-order valence-corrected chi connectivity index (χ3v) is 8.13. The number of rotatable bonds is 19. The van der Waals surface area contributed by atoms with Crippen molar-refractivity contribution < 1.29 is 29.0 Å². The molecule has 0 radical (unpaired) electrons. The predicted octanol–water partition coefficient (Wildman–Crippen LogP) is 7.97. The molecule has 0 unspecified atom stereocenters. The van der Waals surface area contributed by atoms with Gasteiger partial charge in [-0.05, 0) is 81.1 Å². The molecule has 49 heavy (non-hydrogen) atoms. The van der Waals surface area contributed by atoms with Crippen molar-refractivity contribution in [1.82, 2.24) is 15.3 Å². The molecule has 258 valence electrons. The van der Waals surface area contributed by atoms with Crippen molar-refractivity contribution in [2.45, 2.75) is 84.8 Å². The van der Waals surface area contributed by atoms with Crippen LogP contribution in [-0.2, 0) is 16.0 Å². The summed E-state index contributed by atoms with van der Waals surface area (Å²) in [5.41, 5.74) is 3.96. The number of ether oxygens (including phenoxy) is 2. The SMILES string of the molecule is CCCCCCCOc1ccc(-c2cnc(-c3ccc(C[C@H](CC(=O)c4ccc(OC(C)C)cc4)C(=O)N[C@H](C)C(=O)O)cc3)nc2)cc1. The molecule has 1 amide bonds. The molecule has 1 aromatic heterocycles. The second kappa shape index (κ2) is 18.5. The first-order chi connectivity index (χ1) is 23.6. The quantitative estimate of drug-likeness (QED) is 0.0763. The summed E-state index contributed by atoms with van der Waals surface area (Å²) < 4.78 is 11.5. The Hall–Kier alpha value is -5.05. The molecular formula is C40H47N3O6. The second-order valence-electron chi connectivity index (χ2n) is 12.6. The summed E-state index contributed by atoms with van der Waals surface area (Å²) in [4.78, 5) is 47.0. The van der Waals surface area contributed by atoms with Gasteiger partial charge in [-0.2, -0.15) is 0 Å². The highest BCUT2D eigenvalue weighted by Gasteiger charge is 2.26. The average Bonchev–Trinajstić information content (AvgIpc) is 3.10. The van der Waals surface area contributed by atoms with Crippen molar-refractivity contribution in [3.63, 3.8) is 0 Å². The van der Waals surface area contributed by atoms with Crippen molar-refractivity contribution in [3.8, 4) is 34.0 Å². The normalized spacial score (nSPS) is 12.3. The number of ketones is 1. The van der Waals surface area contributed by atoms with Crippen LogP contribution in [0.2, 0.25) is 0 Å². The topological polar surface area (TPSA) is 128 Å². The number of Topliss-reactive ketones (excluding diaryl/α,β-unsaturated/α-hetero) is 1. The lowest BCUT2D eigenvalue weighted by atomic mass is 9.90. The van der Waals surface area contributed by atoms with Crippen molar-refractivity contribution in [1.29, 1.82) is 0 Å². The number of carbonyl (C=O) groups is 3. The van der Waals surface area contributed by atoms with E-state index >= 15 is 0 Å². The minimum absolute atomic E-state index is 0.00131. The molecule has 2 N–H and O–H groups in total. The van der Waals surface area contributed by atoms with Gasteiger partial charge in [-0.25, -0.2) is 9.97 Å². The van der Waals surface area contributed by atoms with E-state index in [0.29, 0.717) is 17.1 Å². The fourth-order valence-corrected chi connectivity index (χ4v) is 5.32. The fourth-order valence-electron chi connectivity index (χ4n) is 5.32. The maximum atomic E-state index is 13.2. The van der Waals surface area contributed by atoms with Crippen molar-refractivity contribution >= 4 is 17.7 Å². The van der Waals surface area contributed by atoms with Crippen LogP contribution in [0.3, 0.4) is 0 Å². The largest absolute Gasteiger partial charge is 0.494 e. The maximum absolute atomic E-state index is 13.2. The summed E-state index contributed by atoms with van der Waals surface area (Å²) in [5.74, 6) is -0.574. The Balaban J connectivity index is 1.39. The van der Waals surface area contributed by atoms with Crippen LogP contribution >= 0.6 is 0 Å². The number of nitrogens with zero attached hydrogens (tertiary/aromatic N) is 2. The minimum Gasteiger partial charge on any atom is -0.494 e. The van der Waals surface area contributed by atoms with Gasteiger partial charge in [0.15, 0.2) is 11.6 Å². The number of nitrogens with one attached hydrogen (secondary N) is 1. The molecule has 2 atom stereocenters. The Morgan fingerprint density at radius 1 is 0.755 bits per heavy atom. The predicted molar refractivity (Wildman–Crippen MR) is 191 cm³/mol. The molecule has 0 saturated heterocycles. The van der Waals surface area contributed by atoms with Crippen LogP contribution in [0.25, 0.3) is 22.5 Å². The van der Waals surface area contributed by atoms with Gasteiger partial charge < -0.3 is 19.9 Å². The van der Waals surface area contributed by atoms with Gasteiger partial charge in [0.25, 0.3) is 0 Å². The number of carbonyl (C=O) groups excluding carboxylic acids is 2. The molecule has 0 saturated carbocycles. The number of unbranched alkanes of at least 4 members (excludes halogenated alkanes) is 4. The van der Waals surface area contributed by atoms with Crippen molar-refractivity contribution in [2.75, 3.05) is 6.61 Å². The number of hydrogen-bond donors (Lipinski definition) is 2. The number of carboxylic acid groups (broad SMARTS) is 1. The molecule has 9 heteroatoms. The molecule has 0 aliphatic carbocycles. The number of hydrogen-bond acceptors (Lipinski definition) is 7. The van der Waals surface area contributed by atoms with Crippen LogP contribution in [0, 0.1) is 5.92 Å². The van der Waals surface area contributed by atoms with E-state index in [-0.39, 0.29) is 24.7 Å². The first-order valence-corrected chi connectivity index (χ1v) is 17.1. The standard InChI is InChI=1S/C40H47N3O6/c1-5-6-7-8-9-22-48-35-18-14-30(15-19-35)34-25-41-38(42-26-34)32-12-10-29(11-13-32)23-33(39(45)43-28(4)40(46)47)24-37(44)31-16-20-36(21-17-31)49-27(2)3/h10-21,25-28,33H,5-9,22-24H2,1-4H3,(H,43,45)(H,46,47)/t28-,33-/m1/s1. The number of aromatic nitrogens is 2. The highest BCUT2D eigenvalue weighted by atomic mass is 16.5. The number of amides is 1. The summed E-state index contributed by atoms with van der Waals surface area (Å²) in [6.45, 7) is 8.17. The molecule has 0 fully saturated rings. The minimum atomic E-state index is -1.15. The van der Waals surface area contributed by atoms with Gasteiger partial charge in [0.1, 0.15) is 17.5 Å². The lowest BCUT2D eigenvalue weighted by Gasteiger charge is -2.19. The summed E-state index contributed by atoms with van der Waals surface area (Å²) >= 11 is 0. The first kappa shape index (κ1) is 36.8. The van der Waals surface area contributed by atoms with Gasteiger partial charge in [0, 0.05) is 41.4 Å². The van der Waals surface area contributed by atoms with Crippen LogP contribution in [0.15, 0.2) is 85.2 Å². The van der Waals surface area contributed by atoms with E-state index < -0.39 is 23.8 Å². The van der Waals surface area contributed by atoms with Crippen LogP contribution in [0.5, 0.6) is 11.5 Å². The number of aliphatic carboxylic acids is 1. The molecule has 3 aromatic carbocycles. The van der Waals surface area contributed by atoms with Gasteiger partial charge in [-0.3, -0.25) is 14.4 Å². The van der Waals surface area contributed by atoms with E-state index in [0.717, 1.165) is 41.0 Å². The Bertz CT molecular complexity index is 1640. The number of benzene rings is 3. The molecule has 1 heterocycles. The molecule has 0 aliphatic heterocycles. The molecule has 4 rings (SSSR count). The molecular weight excluding hydrogens is 618 g/mol. The zero-order valence-electron chi connectivity index (χ0n) is 28.9.